The average molecular weight is 444 g/mol. The molecule has 160 valence electrons. The van der Waals surface area contributed by atoms with E-state index < -0.39 is 8.07 Å². The zero-order valence-electron chi connectivity index (χ0n) is 17.7. The highest BCUT2D eigenvalue weighted by molar-refractivity contribution is 7.13. The van der Waals surface area contributed by atoms with Crippen LogP contribution >= 0.6 is 11.3 Å². The van der Waals surface area contributed by atoms with E-state index in [4.69, 9.17) is 4.74 Å². The van der Waals surface area contributed by atoms with Gasteiger partial charge >= 0.3 is 0 Å². The van der Waals surface area contributed by atoms with Gasteiger partial charge in [-0.3, -0.25) is 9.78 Å². The minimum atomic E-state index is -1.13. The van der Waals surface area contributed by atoms with E-state index in [0.29, 0.717) is 25.1 Å². The molecule has 3 aromatic rings. The Labute approximate surface area is 181 Å². The Morgan fingerprint density at radius 2 is 2.17 bits per heavy atom. The van der Waals surface area contributed by atoms with Crippen LogP contribution in [0.2, 0.25) is 25.7 Å². The number of aliphatic hydroxyl groups is 1. The zero-order chi connectivity index (χ0) is 21.3. The van der Waals surface area contributed by atoms with E-state index in [1.54, 1.807) is 16.8 Å². The van der Waals surface area contributed by atoms with Crippen LogP contribution in [-0.4, -0.2) is 47.4 Å². The molecule has 0 aliphatic heterocycles. The van der Waals surface area contributed by atoms with Crippen LogP contribution in [0, 0.1) is 0 Å². The number of hydrogen-bond acceptors (Lipinski definition) is 5. The van der Waals surface area contributed by atoms with Crippen molar-refractivity contribution in [3.05, 3.63) is 41.7 Å². The second-order valence-corrected chi connectivity index (χ2v) is 15.8. The van der Waals surface area contributed by atoms with Crippen LogP contribution in [0.15, 0.2) is 36.1 Å². The highest BCUT2D eigenvalue weighted by Gasteiger charge is 2.29. The third-order valence-corrected chi connectivity index (χ3v) is 8.05. The minimum Gasteiger partial charge on any atom is -0.393 e. The van der Waals surface area contributed by atoms with Gasteiger partial charge in [0.1, 0.15) is 6.73 Å². The Bertz CT molecular complexity index is 1020. The van der Waals surface area contributed by atoms with Gasteiger partial charge in [-0.25, -0.2) is 0 Å². The molecule has 8 heteroatoms. The van der Waals surface area contributed by atoms with Crippen LogP contribution in [0.4, 0.5) is 0 Å². The molecule has 0 unspecified atom stereocenters. The maximum absolute atomic E-state index is 13.0. The summed E-state index contributed by atoms with van der Waals surface area (Å²) >= 11 is 1.56. The summed E-state index contributed by atoms with van der Waals surface area (Å²) in [5.41, 5.74) is 4.41. The summed E-state index contributed by atoms with van der Waals surface area (Å²) in [6.07, 6.45) is 4.76. The standard InChI is InChI=1S/C22H29N3O3SSi/c1-30(2,3)7-6-28-14-25-5-4-18-19(22(27)24-16-10-17(26)11-16)8-15(9-20(18)25)21-12-23-13-29-21/h4-5,8-9,12-13,16-17,26H,6-7,10-11,14H2,1-3H3,(H,24,27). The summed E-state index contributed by atoms with van der Waals surface area (Å²) in [5.74, 6) is -0.0966. The molecule has 1 amide bonds. The third kappa shape index (κ3) is 4.83. The maximum Gasteiger partial charge on any atom is 0.252 e. The minimum absolute atomic E-state index is 0.0431. The highest BCUT2D eigenvalue weighted by Crippen LogP contribution is 2.31. The fraction of sp³-hybridized carbons (Fsp3) is 0.455. The summed E-state index contributed by atoms with van der Waals surface area (Å²) in [7, 11) is -1.13. The number of amides is 1. The van der Waals surface area contributed by atoms with E-state index in [0.717, 1.165) is 34.0 Å². The van der Waals surface area contributed by atoms with E-state index in [-0.39, 0.29) is 18.1 Å². The molecule has 1 aliphatic rings. The van der Waals surface area contributed by atoms with E-state index in [9.17, 15) is 9.90 Å². The van der Waals surface area contributed by atoms with E-state index in [2.05, 4.69) is 40.6 Å². The smallest absolute Gasteiger partial charge is 0.252 e. The van der Waals surface area contributed by atoms with Crippen LogP contribution in [0.1, 0.15) is 23.2 Å². The van der Waals surface area contributed by atoms with Crippen molar-refractivity contribution in [2.75, 3.05) is 6.61 Å². The third-order valence-electron chi connectivity index (χ3n) is 5.53. The highest BCUT2D eigenvalue weighted by atomic mass is 32.1. The normalized spacial score (nSPS) is 19.1. The Kier molecular flexibility index (Phi) is 6.10. The number of ether oxygens (including phenoxy) is 1. The number of carbonyl (C=O) groups excluding carboxylic acids is 1. The Morgan fingerprint density at radius 3 is 2.83 bits per heavy atom. The molecule has 0 atom stereocenters. The molecular formula is C22H29N3O3SSi. The molecule has 0 spiro atoms. The molecule has 1 aliphatic carbocycles. The first-order valence-electron chi connectivity index (χ1n) is 10.4. The first-order chi connectivity index (χ1) is 14.3. The molecule has 2 N–H and O–H groups in total. The van der Waals surface area contributed by atoms with Gasteiger partial charge in [0.2, 0.25) is 0 Å². The molecule has 4 rings (SSSR count). The van der Waals surface area contributed by atoms with Gasteiger partial charge in [-0.2, -0.15) is 0 Å². The van der Waals surface area contributed by atoms with E-state index >= 15 is 0 Å². The van der Waals surface area contributed by atoms with Crippen molar-refractivity contribution in [1.29, 1.82) is 0 Å². The Morgan fingerprint density at radius 1 is 1.37 bits per heavy atom. The lowest BCUT2D eigenvalue weighted by molar-refractivity contribution is 0.0563. The lowest BCUT2D eigenvalue weighted by atomic mass is 9.89. The number of rotatable bonds is 8. The molecule has 1 fully saturated rings. The number of nitrogens with one attached hydrogen (secondary N) is 1. The van der Waals surface area contributed by atoms with E-state index in [1.807, 2.05) is 24.5 Å². The molecule has 0 radical (unpaired) electrons. The molecular weight excluding hydrogens is 414 g/mol. The van der Waals surface area contributed by atoms with Crippen LogP contribution < -0.4 is 5.32 Å². The van der Waals surface area contributed by atoms with Crippen LogP contribution in [0.25, 0.3) is 21.3 Å². The monoisotopic (exact) mass is 443 g/mol. The first-order valence-corrected chi connectivity index (χ1v) is 15.0. The predicted octanol–water partition coefficient (Wildman–Crippen LogP) is 4.33. The number of thiazole rings is 1. The molecule has 6 nitrogen and oxygen atoms in total. The molecule has 30 heavy (non-hydrogen) atoms. The number of aliphatic hydroxyl groups excluding tert-OH is 1. The lowest BCUT2D eigenvalue weighted by Gasteiger charge is -2.32. The predicted molar refractivity (Wildman–Crippen MR) is 124 cm³/mol. The summed E-state index contributed by atoms with van der Waals surface area (Å²) in [6.45, 7) is 8.25. The maximum atomic E-state index is 13.0. The summed E-state index contributed by atoms with van der Waals surface area (Å²) < 4.78 is 8.02. The number of carbonyl (C=O) groups is 1. The molecule has 2 heterocycles. The van der Waals surface area contributed by atoms with Crippen LogP contribution in [0.3, 0.4) is 0 Å². The van der Waals surface area contributed by atoms with Gasteiger partial charge in [-0.1, -0.05) is 19.6 Å². The Hall–Kier alpha value is -2.00. The second kappa shape index (κ2) is 8.62. The average Bonchev–Trinajstić information content (AvgIpc) is 3.32. The number of hydrogen-bond donors (Lipinski definition) is 2. The van der Waals surface area contributed by atoms with Crippen molar-refractivity contribution in [3.8, 4) is 10.4 Å². The molecule has 0 bridgehead atoms. The molecule has 0 saturated heterocycles. The molecule has 2 aromatic heterocycles. The van der Waals surface area contributed by atoms with Gasteiger partial charge in [0, 0.05) is 44.1 Å². The van der Waals surface area contributed by atoms with E-state index in [1.165, 1.54) is 0 Å². The van der Waals surface area contributed by atoms with Crippen molar-refractivity contribution in [2.24, 2.45) is 0 Å². The number of aromatic nitrogens is 2. The van der Waals surface area contributed by atoms with Gasteiger partial charge in [0.15, 0.2) is 0 Å². The topological polar surface area (TPSA) is 76.4 Å². The molecule has 1 saturated carbocycles. The lowest BCUT2D eigenvalue weighted by Crippen LogP contribution is -2.46. The van der Waals surface area contributed by atoms with Crippen molar-refractivity contribution >= 4 is 36.2 Å². The van der Waals surface area contributed by atoms with Crippen LogP contribution in [0.5, 0.6) is 0 Å². The van der Waals surface area contributed by atoms with Gasteiger partial charge in [0.05, 0.1) is 22.0 Å². The summed E-state index contributed by atoms with van der Waals surface area (Å²) in [4.78, 5) is 18.2. The first kappa shape index (κ1) is 21.2. The van der Waals surface area contributed by atoms with Crippen molar-refractivity contribution in [1.82, 2.24) is 14.9 Å². The molecule has 1 aromatic carbocycles. The fourth-order valence-corrected chi connectivity index (χ4v) is 4.97. The zero-order valence-corrected chi connectivity index (χ0v) is 19.5. The SMILES string of the molecule is C[Si](C)(C)CCOCn1ccc2c(C(=O)NC3CC(O)C3)cc(-c3cncs3)cc21. The van der Waals surface area contributed by atoms with Gasteiger partial charge in [-0.05, 0) is 42.6 Å². The van der Waals surface area contributed by atoms with Crippen molar-refractivity contribution in [2.45, 2.75) is 57.4 Å². The number of fused-ring (bicyclic) bond motifs is 1. The van der Waals surface area contributed by atoms with Crippen LogP contribution in [-0.2, 0) is 11.5 Å². The van der Waals surface area contributed by atoms with Crippen molar-refractivity contribution in [3.63, 3.8) is 0 Å². The van der Waals surface area contributed by atoms with Gasteiger partial charge in [-0.15, -0.1) is 11.3 Å². The van der Waals surface area contributed by atoms with Gasteiger partial charge < -0.3 is 19.7 Å². The van der Waals surface area contributed by atoms with Gasteiger partial charge in [0.25, 0.3) is 5.91 Å². The largest absolute Gasteiger partial charge is 0.393 e. The number of nitrogens with zero attached hydrogens (tertiary/aromatic N) is 2. The summed E-state index contributed by atoms with van der Waals surface area (Å²) in [5, 5.41) is 13.5. The number of benzene rings is 1. The second-order valence-electron chi connectivity index (χ2n) is 9.25. The Balaban J connectivity index is 1.61. The van der Waals surface area contributed by atoms with Crippen molar-refractivity contribution < 1.29 is 14.6 Å². The fourth-order valence-electron chi connectivity index (χ4n) is 3.61. The summed E-state index contributed by atoms with van der Waals surface area (Å²) in [6, 6.07) is 7.20. The quantitative estimate of drug-likeness (QED) is 0.401.